The number of hydrogen-bond acceptors (Lipinski definition) is 2. The third-order valence-corrected chi connectivity index (χ3v) is 4.59. The molecule has 106 valence electrons. The molecule has 2 unspecified atom stereocenters. The molecule has 1 aromatic carbocycles. The maximum Gasteiger partial charge on any atom is 0.307 e. The zero-order chi connectivity index (χ0) is 14.7. The molecule has 4 nitrogen and oxygen atoms in total. The molecule has 2 atom stereocenters. The fourth-order valence-electron chi connectivity index (χ4n) is 2.35. The second-order valence-corrected chi connectivity index (χ2v) is 5.71. The lowest BCUT2D eigenvalue weighted by Crippen LogP contribution is -2.34. The third-order valence-electron chi connectivity index (χ3n) is 3.54. The van der Waals surface area contributed by atoms with Crippen LogP contribution in [0.2, 0.25) is 0 Å². The van der Waals surface area contributed by atoms with Crippen LogP contribution in [-0.4, -0.2) is 17.0 Å². The van der Waals surface area contributed by atoms with Crippen molar-refractivity contribution in [1.29, 1.82) is 0 Å². The summed E-state index contributed by atoms with van der Waals surface area (Å²) in [5.74, 6) is -2.33. The van der Waals surface area contributed by atoms with Gasteiger partial charge in [-0.25, -0.2) is 0 Å². The summed E-state index contributed by atoms with van der Waals surface area (Å²) in [6.45, 7) is 1.93. The van der Waals surface area contributed by atoms with Crippen LogP contribution >= 0.6 is 15.9 Å². The fourth-order valence-corrected chi connectivity index (χ4v) is 2.71. The van der Waals surface area contributed by atoms with Crippen molar-refractivity contribution in [3.05, 3.63) is 40.4 Å². The SMILES string of the molecule is Cc1cccc(NC(=O)C2CC=CCC2C(=O)O)c1Br. The standard InChI is InChI=1S/C15H16BrNO3/c1-9-5-4-8-12(13(9)16)17-14(18)10-6-2-3-7-11(10)15(19)20/h2-5,8,10-11H,6-7H2,1H3,(H,17,18)(H,19,20). The van der Waals surface area contributed by atoms with E-state index in [0.717, 1.165) is 10.0 Å². The summed E-state index contributed by atoms with van der Waals surface area (Å²) < 4.78 is 0.826. The van der Waals surface area contributed by atoms with Crippen LogP contribution in [0.5, 0.6) is 0 Å². The molecule has 2 rings (SSSR count). The molecule has 1 aliphatic carbocycles. The van der Waals surface area contributed by atoms with Crippen molar-refractivity contribution in [2.45, 2.75) is 19.8 Å². The second-order valence-electron chi connectivity index (χ2n) is 4.92. The number of amides is 1. The van der Waals surface area contributed by atoms with Gasteiger partial charge >= 0.3 is 5.97 Å². The van der Waals surface area contributed by atoms with Crippen LogP contribution in [0, 0.1) is 18.8 Å². The highest BCUT2D eigenvalue weighted by Gasteiger charge is 2.34. The molecule has 1 aliphatic rings. The minimum absolute atomic E-state index is 0.243. The van der Waals surface area contributed by atoms with E-state index in [4.69, 9.17) is 0 Å². The van der Waals surface area contributed by atoms with Gasteiger partial charge < -0.3 is 10.4 Å². The van der Waals surface area contributed by atoms with Gasteiger partial charge in [0.1, 0.15) is 0 Å². The van der Waals surface area contributed by atoms with Gasteiger partial charge in [-0.15, -0.1) is 0 Å². The molecule has 0 heterocycles. The van der Waals surface area contributed by atoms with Crippen molar-refractivity contribution in [1.82, 2.24) is 0 Å². The van der Waals surface area contributed by atoms with E-state index in [2.05, 4.69) is 21.2 Å². The number of halogens is 1. The second kappa shape index (κ2) is 6.22. The zero-order valence-electron chi connectivity index (χ0n) is 11.1. The van der Waals surface area contributed by atoms with Crippen molar-refractivity contribution in [3.63, 3.8) is 0 Å². The van der Waals surface area contributed by atoms with E-state index in [0.29, 0.717) is 18.5 Å². The third kappa shape index (κ3) is 3.10. The van der Waals surface area contributed by atoms with E-state index in [9.17, 15) is 14.7 Å². The Kier molecular flexibility index (Phi) is 4.60. The van der Waals surface area contributed by atoms with Gasteiger partial charge in [0.25, 0.3) is 0 Å². The van der Waals surface area contributed by atoms with Crippen LogP contribution < -0.4 is 5.32 Å². The smallest absolute Gasteiger partial charge is 0.307 e. The van der Waals surface area contributed by atoms with E-state index < -0.39 is 17.8 Å². The number of benzene rings is 1. The monoisotopic (exact) mass is 337 g/mol. The average molecular weight is 338 g/mol. The number of rotatable bonds is 3. The normalized spacial score (nSPS) is 21.5. The highest BCUT2D eigenvalue weighted by molar-refractivity contribution is 9.10. The number of aliphatic carboxylic acids is 1. The highest BCUT2D eigenvalue weighted by Crippen LogP contribution is 2.30. The van der Waals surface area contributed by atoms with E-state index >= 15 is 0 Å². The Morgan fingerprint density at radius 1 is 1.25 bits per heavy atom. The fraction of sp³-hybridized carbons (Fsp3) is 0.333. The van der Waals surface area contributed by atoms with Crippen LogP contribution in [-0.2, 0) is 9.59 Å². The zero-order valence-corrected chi connectivity index (χ0v) is 12.7. The summed E-state index contributed by atoms with van der Waals surface area (Å²) in [5, 5.41) is 12.0. The number of hydrogen-bond donors (Lipinski definition) is 2. The lowest BCUT2D eigenvalue weighted by Gasteiger charge is -2.24. The van der Waals surface area contributed by atoms with Gasteiger partial charge in [0.05, 0.1) is 17.5 Å². The molecular formula is C15H16BrNO3. The molecule has 0 saturated carbocycles. The lowest BCUT2D eigenvalue weighted by molar-refractivity contribution is -0.146. The number of carbonyl (C=O) groups excluding carboxylic acids is 1. The molecule has 20 heavy (non-hydrogen) atoms. The number of aryl methyl sites for hydroxylation is 1. The quantitative estimate of drug-likeness (QED) is 0.831. The Morgan fingerprint density at radius 2 is 1.90 bits per heavy atom. The van der Waals surface area contributed by atoms with Gasteiger partial charge in [-0.2, -0.15) is 0 Å². The Morgan fingerprint density at radius 3 is 2.55 bits per heavy atom. The van der Waals surface area contributed by atoms with E-state index in [-0.39, 0.29) is 5.91 Å². The minimum Gasteiger partial charge on any atom is -0.481 e. The minimum atomic E-state index is -0.919. The van der Waals surface area contributed by atoms with Crippen molar-refractivity contribution >= 4 is 33.5 Å². The maximum absolute atomic E-state index is 12.3. The number of allylic oxidation sites excluding steroid dienone is 2. The molecule has 1 amide bonds. The summed E-state index contributed by atoms with van der Waals surface area (Å²) in [7, 11) is 0. The van der Waals surface area contributed by atoms with Crippen LogP contribution in [0.4, 0.5) is 5.69 Å². The van der Waals surface area contributed by atoms with E-state index in [1.165, 1.54) is 0 Å². The molecule has 0 saturated heterocycles. The van der Waals surface area contributed by atoms with Crippen LogP contribution in [0.1, 0.15) is 18.4 Å². The number of carboxylic acids is 1. The average Bonchev–Trinajstić information content (AvgIpc) is 2.43. The van der Waals surface area contributed by atoms with Gasteiger partial charge in [0.15, 0.2) is 0 Å². The van der Waals surface area contributed by atoms with Crippen molar-refractivity contribution in [3.8, 4) is 0 Å². The molecule has 0 aliphatic heterocycles. The molecule has 0 bridgehead atoms. The van der Waals surface area contributed by atoms with Gasteiger partial charge in [0, 0.05) is 4.47 Å². The summed E-state index contributed by atoms with van der Waals surface area (Å²) in [5.41, 5.74) is 1.69. The summed E-state index contributed by atoms with van der Waals surface area (Å²) >= 11 is 3.43. The number of anilines is 1. The molecular weight excluding hydrogens is 322 g/mol. The lowest BCUT2D eigenvalue weighted by atomic mass is 9.82. The van der Waals surface area contributed by atoms with Crippen molar-refractivity contribution in [2.75, 3.05) is 5.32 Å². The maximum atomic E-state index is 12.3. The first-order chi connectivity index (χ1) is 9.50. The Hall–Kier alpha value is -1.62. The summed E-state index contributed by atoms with van der Waals surface area (Å²) in [6, 6.07) is 5.58. The molecule has 2 N–H and O–H groups in total. The summed E-state index contributed by atoms with van der Waals surface area (Å²) in [4.78, 5) is 23.5. The van der Waals surface area contributed by atoms with Gasteiger partial charge in [-0.05, 0) is 47.3 Å². The molecule has 0 radical (unpaired) electrons. The van der Waals surface area contributed by atoms with Crippen molar-refractivity contribution < 1.29 is 14.7 Å². The van der Waals surface area contributed by atoms with Crippen molar-refractivity contribution in [2.24, 2.45) is 11.8 Å². The Bertz CT molecular complexity index is 568. The molecule has 0 fully saturated rings. The van der Waals surface area contributed by atoms with Crippen LogP contribution in [0.15, 0.2) is 34.8 Å². The van der Waals surface area contributed by atoms with Gasteiger partial charge in [0.2, 0.25) is 5.91 Å². The summed E-state index contributed by atoms with van der Waals surface area (Å²) in [6.07, 6.45) is 4.56. The largest absolute Gasteiger partial charge is 0.481 e. The number of carboxylic acid groups (broad SMARTS) is 1. The topological polar surface area (TPSA) is 66.4 Å². The highest BCUT2D eigenvalue weighted by atomic mass is 79.9. The van der Waals surface area contributed by atoms with Crippen LogP contribution in [0.3, 0.4) is 0 Å². The molecule has 5 heteroatoms. The van der Waals surface area contributed by atoms with Crippen LogP contribution in [0.25, 0.3) is 0 Å². The first kappa shape index (κ1) is 14.8. The van der Waals surface area contributed by atoms with E-state index in [1.54, 1.807) is 6.07 Å². The van der Waals surface area contributed by atoms with E-state index in [1.807, 2.05) is 31.2 Å². The Labute approximate surface area is 126 Å². The molecule has 1 aromatic rings. The van der Waals surface area contributed by atoms with Gasteiger partial charge in [-0.1, -0.05) is 24.3 Å². The predicted molar refractivity (Wildman–Crippen MR) is 80.5 cm³/mol. The number of nitrogens with one attached hydrogen (secondary N) is 1. The first-order valence-corrected chi connectivity index (χ1v) is 7.23. The molecule has 0 aromatic heterocycles. The predicted octanol–water partition coefficient (Wildman–Crippen LogP) is 3.36. The Balaban J connectivity index is 2.17. The number of carbonyl (C=O) groups is 2. The van der Waals surface area contributed by atoms with Gasteiger partial charge in [-0.3, -0.25) is 9.59 Å². The first-order valence-electron chi connectivity index (χ1n) is 6.44. The molecule has 0 spiro atoms.